The number of halogens is 3. The normalized spacial score (nSPS) is 11.2. The maximum Gasteiger partial charge on any atom is 0.193 e. The highest BCUT2D eigenvalue weighted by molar-refractivity contribution is 14.0. The summed E-state index contributed by atoms with van der Waals surface area (Å²) in [6.07, 6.45) is 0. The Labute approximate surface area is 162 Å². The lowest BCUT2D eigenvalue weighted by Gasteiger charge is -2.11. The second-order valence-corrected chi connectivity index (χ2v) is 5.52. The van der Waals surface area contributed by atoms with Crippen molar-refractivity contribution >= 4 is 58.8 Å². The molecule has 2 rings (SSSR count). The van der Waals surface area contributed by atoms with Gasteiger partial charge in [-0.2, -0.15) is 0 Å². The first-order valence-electron chi connectivity index (χ1n) is 6.66. The third-order valence-electron chi connectivity index (χ3n) is 3.21. The van der Waals surface area contributed by atoms with Gasteiger partial charge in [-0.15, -0.1) is 24.0 Å². The number of ether oxygens (including phenoxy) is 1. The van der Waals surface area contributed by atoms with Crippen LogP contribution in [0.3, 0.4) is 0 Å². The fourth-order valence-electron chi connectivity index (χ4n) is 2.01. The molecule has 5 nitrogen and oxygen atoms in total. The molecule has 8 heteroatoms. The number of rotatable bonds is 5. The Balaban J connectivity index is 0.00000264. The van der Waals surface area contributed by atoms with Gasteiger partial charge in [-0.05, 0) is 12.1 Å². The SMILES string of the molecule is COCc1ccccc1NC(N)=NCc1cc(Cl)c(Cl)n1C.I. The van der Waals surface area contributed by atoms with Gasteiger partial charge >= 0.3 is 0 Å². The van der Waals surface area contributed by atoms with Crippen molar-refractivity contribution in [3.8, 4) is 0 Å². The first-order chi connectivity index (χ1) is 10.5. The molecule has 0 aliphatic heterocycles. The predicted molar refractivity (Wildman–Crippen MR) is 107 cm³/mol. The Morgan fingerprint density at radius 2 is 2.04 bits per heavy atom. The van der Waals surface area contributed by atoms with Gasteiger partial charge in [0.15, 0.2) is 5.96 Å². The molecule has 1 heterocycles. The number of guanidine groups is 1. The summed E-state index contributed by atoms with van der Waals surface area (Å²) in [5, 5.41) is 4.07. The number of nitrogens with one attached hydrogen (secondary N) is 1. The van der Waals surface area contributed by atoms with E-state index in [1.165, 1.54) is 0 Å². The Hall–Kier alpha value is -0.960. The van der Waals surface area contributed by atoms with E-state index >= 15 is 0 Å². The zero-order valence-corrected chi connectivity index (χ0v) is 16.7. The first-order valence-corrected chi connectivity index (χ1v) is 7.42. The van der Waals surface area contributed by atoms with Crippen LogP contribution >= 0.6 is 47.2 Å². The van der Waals surface area contributed by atoms with E-state index in [-0.39, 0.29) is 24.0 Å². The van der Waals surface area contributed by atoms with Gasteiger partial charge in [0.05, 0.1) is 18.2 Å². The highest BCUT2D eigenvalue weighted by atomic mass is 127. The van der Waals surface area contributed by atoms with Crippen molar-refractivity contribution in [1.82, 2.24) is 4.57 Å². The van der Waals surface area contributed by atoms with E-state index < -0.39 is 0 Å². The molecule has 0 aliphatic carbocycles. The smallest absolute Gasteiger partial charge is 0.193 e. The molecule has 1 aromatic heterocycles. The van der Waals surface area contributed by atoms with E-state index in [1.54, 1.807) is 17.7 Å². The molecule has 1 aromatic carbocycles. The number of nitrogens with zero attached hydrogens (tertiary/aromatic N) is 2. The monoisotopic (exact) mass is 468 g/mol. The first kappa shape index (κ1) is 20.1. The Kier molecular flexibility index (Phi) is 8.18. The van der Waals surface area contributed by atoms with Crippen LogP contribution in [0.1, 0.15) is 11.3 Å². The van der Waals surface area contributed by atoms with Crippen LogP contribution in [0.2, 0.25) is 10.2 Å². The average Bonchev–Trinajstić information content (AvgIpc) is 2.75. The van der Waals surface area contributed by atoms with Crippen LogP contribution in [0.25, 0.3) is 0 Å². The van der Waals surface area contributed by atoms with Crippen LogP contribution in [0.4, 0.5) is 5.69 Å². The summed E-state index contributed by atoms with van der Waals surface area (Å²) in [6.45, 7) is 0.883. The third kappa shape index (κ3) is 5.27. The minimum absolute atomic E-state index is 0. The van der Waals surface area contributed by atoms with Gasteiger partial charge in [0.25, 0.3) is 0 Å². The highest BCUT2D eigenvalue weighted by Crippen LogP contribution is 2.25. The summed E-state index contributed by atoms with van der Waals surface area (Å²) in [5.41, 5.74) is 8.69. The Morgan fingerprint density at radius 3 is 2.65 bits per heavy atom. The van der Waals surface area contributed by atoms with E-state index in [0.717, 1.165) is 16.9 Å². The molecule has 0 fully saturated rings. The number of aliphatic imine (C=N–C) groups is 1. The van der Waals surface area contributed by atoms with Crippen molar-refractivity contribution in [2.24, 2.45) is 17.8 Å². The molecule has 0 amide bonds. The molecule has 0 aliphatic rings. The van der Waals surface area contributed by atoms with Gasteiger partial charge in [0, 0.05) is 31.1 Å². The lowest BCUT2D eigenvalue weighted by Crippen LogP contribution is -2.23. The fraction of sp³-hybridized carbons (Fsp3) is 0.267. The summed E-state index contributed by atoms with van der Waals surface area (Å²) in [5.74, 6) is 0.317. The molecule has 0 radical (unpaired) electrons. The molecule has 0 atom stereocenters. The average molecular weight is 469 g/mol. The van der Waals surface area contributed by atoms with Crippen molar-refractivity contribution in [3.63, 3.8) is 0 Å². The number of methoxy groups -OCH3 is 1. The van der Waals surface area contributed by atoms with Crippen molar-refractivity contribution in [3.05, 3.63) is 51.8 Å². The Morgan fingerprint density at radius 1 is 1.35 bits per heavy atom. The van der Waals surface area contributed by atoms with Crippen LogP contribution in [-0.2, 0) is 24.9 Å². The maximum absolute atomic E-state index is 6.02. The van der Waals surface area contributed by atoms with E-state index in [4.69, 9.17) is 33.7 Å². The molecular weight excluding hydrogens is 450 g/mol. The van der Waals surface area contributed by atoms with E-state index in [1.807, 2.05) is 31.3 Å². The molecule has 0 unspecified atom stereocenters. The Bertz CT molecular complexity index is 688. The lowest BCUT2D eigenvalue weighted by atomic mass is 10.2. The number of para-hydroxylation sites is 1. The number of aromatic nitrogens is 1. The van der Waals surface area contributed by atoms with Crippen molar-refractivity contribution in [2.75, 3.05) is 12.4 Å². The summed E-state index contributed by atoms with van der Waals surface area (Å²) in [6, 6.07) is 9.54. The maximum atomic E-state index is 6.02. The van der Waals surface area contributed by atoms with Gasteiger partial charge in [-0.1, -0.05) is 41.4 Å². The molecule has 126 valence electrons. The number of hydrogen-bond acceptors (Lipinski definition) is 2. The number of hydrogen-bond donors (Lipinski definition) is 2. The van der Waals surface area contributed by atoms with Gasteiger partial charge in [-0.3, -0.25) is 0 Å². The zero-order chi connectivity index (χ0) is 16.1. The molecule has 2 aromatic rings. The van der Waals surface area contributed by atoms with Crippen LogP contribution in [-0.4, -0.2) is 17.6 Å². The van der Waals surface area contributed by atoms with Crippen LogP contribution < -0.4 is 11.1 Å². The molecule has 3 N–H and O–H groups in total. The highest BCUT2D eigenvalue weighted by Gasteiger charge is 2.08. The number of anilines is 1. The van der Waals surface area contributed by atoms with Gasteiger partial charge < -0.3 is 20.4 Å². The zero-order valence-electron chi connectivity index (χ0n) is 12.8. The number of benzene rings is 1. The van der Waals surface area contributed by atoms with Crippen molar-refractivity contribution in [1.29, 1.82) is 0 Å². The molecule has 0 bridgehead atoms. The van der Waals surface area contributed by atoms with Crippen LogP contribution in [0.5, 0.6) is 0 Å². The van der Waals surface area contributed by atoms with E-state index in [0.29, 0.717) is 29.3 Å². The molecule has 0 saturated heterocycles. The molecule has 0 spiro atoms. The van der Waals surface area contributed by atoms with Crippen LogP contribution in [0, 0.1) is 0 Å². The lowest BCUT2D eigenvalue weighted by molar-refractivity contribution is 0.185. The predicted octanol–water partition coefficient (Wildman–Crippen LogP) is 4.02. The van der Waals surface area contributed by atoms with E-state index in [2.05, 4.69) is 10.3 Å². The summed E-state index contributed by atoms with van der Waals surface area (Å²) >= 11 is 12.0. The van der Waals surface area contributed by atoms with Crippen molar-refractivity contribution < 1.29 is 4.74 Å². The van der Waals surface area contributed by atoms with Gasteiger partial charge in [0.2, 0.25) is 0 Å². The summed E-state index contributed by atoms with van der Waals surface area (Å²) in [4.78, 5) is 4.31. The standard InChI is InChI=1S/C15H18Cl2N4O.HI/c1-21-11(7-12(16)14(21)17)8-19-15(18)20-13-6-4-3-5-10(13)9-22-2;/h3-7H,8-9H2,1-2H3,(H3,18,19,20);1H. The third-order valence-corrected chi connectivity index (χ3v) is 4.05. The minimum atomic E-state index is 0. The fourth-order valence-corrected chi connectivity index (χ4v) is 2.42. The van der Waals surface area contributed by atoms with E-state index in [9.17, 15) is 0 Å². The summed E-state index contributed by atoms with van der Waals surface area (Å²) < 4.78 is 6.94. The second kappa shape index (κ2) is 9.36. The quantitative estimate of drug-likeness (QED) is 0.395. The van der Waals surface area contributed by atoms with Gasteiger partial charge in [-0.25, -0.2) is 4.99 Å². The molecular formula is C15H19Cl2IN4O. The van der Waals surface area contributed by atoms with Crippen LogP contribution in [0.15, 0.2) is 35.3 Å². The molecule has 0 saturated carbocycles. The van der Waals surface area contributed by atoms with Crippen molar-refractivity contribution in [2.45, 2.75) is 13.2 Å². The molecule has 23 heavy (non-hydrogen) atoms. The summed E-state index contributed by atoms with van der Waals surface area (Å²) in [7, 11) is 3.48. The number of nitrogens with two attached hydrogens (primary N) is 1. The minimum Gasteiger partial charge on any atom is -0.380 e. The topological polar surface area (TPSA) is 64.6 Å². The largest absolute Gasteiger partial charge is 0.380 e. The second-order valence-electron chi connectivity index (χ2n) is 4.75. The van der Waals surface area contributed by atoms with Gasteiger partial charge in [0.1, 0.15) is 5.15 Å².